The van der Waals surface area contributed by atoms with E-state index in [9.17, 15) is 0 Å². The standard InChI is InChI=1S/C22H24BrN5O2/c1-14-24-18-12-19-20(30-21(13-29-19)28-8-6-27(2)7-9-28)11-17(18)22(25-14)26-16-5-3-4-15(23)10-16/h3-5,10-12,21H,6-9,13H2,1-2H3,(H,24,25,26). The van der Waals surface area contributed by atoms with Gasteiger partial charge in [0.1, 0.15) is 18.2 Å². The van der Waals surface area contributed by atoms with Gasteiger partial charge in [-0.15, -0.1) is 0 Å². The van der Waals surface area contributed by atoms with Crippen molar-refractivity contribution in [2.24, 2.45) is 0 Å². The largest absolute Gasteiger partial charge is 0.484 e. The molecule has 0 spiro atoms. The molecule has 2 aromatic carbocycles. The van der Waals surface area contributed by atoms with Crippen molar-refractivity contribution in [2.75, 3.05) is 45.2 Å². The summed E-state index contributed by atoms with van der Waals surface area (Å²) in [6.45, 7) is 6.45. The van der Waals surface area contributed by atoms with Gasteiger partial charge in [0.15, 0.2) is 17.7 Å². The van der Waals surface area contributed by atoms with Crippen molar-refractivity contribution in [3.05, 3.63) is 46.7 Å². The van der Waals surface area contributed by atoms with Crippen LogP contribution in [0.25, 0.3) is 10.9 Å². The molecule has 1 fully saturated rings. The Hall–Kier alpha value is -2.42. The number of likely N-dealkylation sites (N-methyl/N-ethyl adjacent to an activating group) is 1. The molecule has 7 nitrogen and oxygen atoms in total. The molecule has 8 heteroatoms. The summed E-state index contributed by atoms with van der Waals surface area (Å²) >= 11 is 3.52. The highest BCUT2D eigenvalue weighted by Crippen LogP contribution is 2.38. The van der Waals surface area contributed by atoms with Crippen LogP contribution in [0.15, 0.2) is 40.9 Å². The van der Waals surface area contributed by atoms with Crippen LogP contribution in [0.2, 0.25) is 0 Å². The fraction of sp³-hybridized carbons (Fsp3) is 0.364. The zero-order valence-corrected chi connectivity index (χ0v) is 18.6. The Morgan fingerprint density at radius 2 is 1.90 bits per heavy atom. The van der Waals surface area contributed by atoms with E-state index in [-0.39, 0.29) is 6.23 Å². The van der Waals surface area contributed by atoms with Crippen LogP contribution in [0, 0.1) is 6.92 Å². The van der Waals surface area contributed by atoms with E-state index >= 15 is 0 Å². The van der Waals surface area contributed by atoms with Gasteiger partial charge in [0.05, 0.1) is 5.52 Å². The number of hydrogen-bond acceptors (Lipinski definition) is 7. The molecule has 1 unspecified atom stereocenters. The number of piperazine rings is 1. The number of aryl methyl sites for hydroxylation is 1. The van der Waals surface area contributed by atoms with Crippen LogP contribution in [0.3, 0.4) is 0 Å². The molecule has 1 aromatic heterocycles. The quantitative estimate of drug-likeness (QED) is 0.625. The Labute approximate surface area is 184 Å². The van der Waals surface area contributed by atoms with Crippen molar-refractivity contribution < 1.29 is 9.47 Å². The van der Waals surface area contributed by atoms with E-state index in [2.05, 4.69) is 48.1 Å². The van der Waals surface area contributed by atoms with Gasteiger partial charge in [0.2, 0.25) is 0 Å². The molecule has 1 N–H and O–H groups in total. The molecule has 0 bridgehead atoms. The molecule has 0 radical (unpaired) electrons. The van der Waals surface area contributed by atoms with Gasteiger partial charge >= 0.3 is 0 Å². The number of benzene rings is 2. The predicted octanol–water partition coefficient (Wildman–Crippen LogP) is 3.79. The third kappa shape index (κ3) is 3.95. The summed E-state index contributed by atoms with van der Waals surface area (Å²) < 4.78 is 13.4. The molecule has 156 valence electrons. The molecule has 2 aliphatic heterocycles. The van der Waals surface area contributed by atoms with E-state index in [1.807, 2.05) is 43.3 Å². The molecular formula is C22H24BrN5O2. The van der Waals surface area contributed by atoms with Gasteiger partial charge in [-0.05, 0) is 38.2 Å². The van der Waals surface area contributed by atoms with Crippen molar-refractivity contribution in [3.63, 3.8) is 0 Å². The molecule has 5 rings (SSSR count). The normalized spacial score (nSPS) is 19.8. The first-order valence-corrected chi connectivity index (χ1v) is 10.9. The van der Waals surface area contributed by atoms with Crippen LogP contribution in [-0.2, 0) is 0 Å². The molecular weight excluding hydrogens is 446 g/mol. The summed E-state index contributed by atoms with van der Waals surface area (Å²) in [5.74, 6) is 2.93. The topological polar surface area (TPSA) is 62.8 Å². The molecule has 3 heterocycles. The van der Waals surface area contributed by atoms with Crippen LogP contribution >= 0.6 is 15.9 Å². The average molecular weight is 470 g/mol. The third-order valence-electron chi connectivity index (χ3n) is 5.55. The van der Waals surface area contributed by atoms with E-state index in [1.54, 1.807) is 0 Å². The lowest BCUT2D eigenvalue weighted by atomic mass is 10.2. The predicted molar refractivity (Wildman–Crippen MR) is 121 cm³/mol. The second-order valence-electron chi connectivity index (χ2n) is 7.79. The lowest BCUT2D eigenvalue weighted by molar-refractivity contribution is -0.0463. The van der Waals surface area contributed by atoms with E-state index in [1.165, 1.54) is 0 Å². The summed E-state index contributed by atoms with van der Waals surface area (Å²) in [5.41, 5.74) is 1.79. The second-order valence-corrected chi connectivity index (χ2v) is 8.71. The minimum atomic E-state index is -0.0727. The van der Waals surface area contributed by atoms with Gasteiger partial charge in [-0.25, -0.2) is 9.97 Å². The van der Waals surface area contributed by atoms with Crippen molar-refractivity contribution in [1.82, 2.24) is 19.8 Å². The Kier molecular flexibility index (Phi) is 5.22. The average Bonchev–Trinajstić information content (AvgIpc) is 2.73. The van der Waals surface area contributed by atoms with Crippen molar-refractivity contribution >= 4 is 38.3 Å². The Bertz CT molecular complexity index is 1080. The maximum absolute atomic E-state index is 6.36. The van der Waals surface area contributed by atoms with Gasteiger partial charge in [-0.1, -0.05) is 22.0 Å². The first kappa shape index (κ1) is 19.5. The van der Waals surface area contributed by atoms with E-state index < -0.39 is 0 Å². The summed E-state index contributed by atoms with van der Waals surface area (Å²) in [5, 5.41) is 4.33. The third-order valence-corrected chi connectivity index (χ3v) is 6.04. The van der Waals surface area contributed by atoms with Crippen LogP contribution in [0.1, 0.15) is 5.82 Å². The smallest absolute Gasteiger partial charge is 0.187 e. The highest BCUT2D eigenvalue weighted by Gasteiger charge is 2.29. The summed E-state index contributed by atoms with van der Waals surface area (Å²) in [4.78, 5) is 13.9. The number of nitrogens with one attached hydrogen (secondary N) is 1. The van der Waals surface area contributed by atoms with E-state index in [0.29, 0.717) is 12.4 Å². The summed E-state index contributed by atoms with van der Waals surface area (Å²) in [6, 6.07) is 12.0. The van der Waals surface area contributed by atoms with Gasteiger partial charge < -0.3 is 19.7 Å². The number of nitrogens with zero attached hydrogens (tertiary/aromatic N) is 4. The Balaban J connectivity index is 1.47. The molecule has 3 aromatic rings. The van der Waals surface area contributed by atoms with Gasteiger partial charge in [-0.3, -0.25) is 4.90 Å². The Morgan fingerprint density at radius 3 is 2.70 bits per heavy atom. The Morgan fingerprint density at radius 1 is 1.07 bits per heavy atom. The number of rotatable bonds is 3. The molecule has 30 heavy (non-hydrogen) atoms. The number of aromatic nitrogens is 2. The van der Waals surface area contributed by atoms with Crippen LogP contribution < -0.4 is 14.8 Å². The van der Waals surface area contributed by atoms with Crippen molar-refractivity contribution in [3.8, 4) is 11.5 Å². The molecule has 1 atom stereocenters. The first-order valence-electron chi connectivity index (χ1n) is 10.1. The van der Waals surface area contributed by atoms with Gasteiger partial charge in [0.25, 0.3) is 0 Å². The molecule has 1 saturated heterocycles. The second kappa shape index (κ2) is 8.02. The van der Waals surface area contributed by atoms with Crippen molar-refractivity contribution in [1.29, 1.82) is 0 Å². The number of anilines is 2. The van der Waals surface area contributed by atoms with E-state index in [4.69, 9.17) is 9.47 Å². The summed E-state index contributed by atoms with van der Waals surface area (Å²) in [6.07, 6.45) is -0.0727. The maximum Gasteiger partial charge on any atom is 0.187 e. The van der Waals surface area contributed by atoms with E-state index in [0.717, 1.165) is 64.6 Å². The monoisotopic (exact) mass is 469 g/mol. The van der Waals surface area contributed by atoms with Gasteiger partial charge in [-0.2, -0.15) is 0 Å². The zero-order chi connectivity index (χ0) is 20.7. The van der Waals surface area contributed by atoms with Crippen molar-refractivity contribution in [2.45, 2.75) is 13.2 Å². The highest BCUT2D eigenvalue weighted by molar-refractivity contribution is 9.10. The van der Waals surface area contributed by atoms with Crippen LogP contribution in [0.4, 0.5) is 11.5 Å². The molecule has 0 amide bonds. The lowest BCUT2D eigenvalue weighted by Gasteiger charge is -2.39. The number of ether oxygens (including phenoxy) is 2. The fourth-order valence-corrected chi connectivity index (χ4v) is 4.29. The van der Waals surface area contributed by atoms with Crippen LogP contribution in [-0.4, -0.2) is 65.8 Å². The van der Waals surface area contributed by atoms with Gasteiger partial charge in [0, 0.05) is 47.8 Å². The molecule has 0 saturated carbocycles. The minimum absolute atomic E-state index is 0.0727. The maximum atomic E-state index is 6.36. The first-order chi connectivity index (χ1) is 14.5. The summed E-state index contributed by atoms with van der Waals surface area (Å²) in [7, 11) is 2.15. The lowest BCUT2D eigenvalue weighted by Crippen LogP contribution is -2.53. The fourth-order valence-electron chi connectivity index (χ4n) is 3.89. The molecule has 0 aliphatic carbocycles. The number of halogens is 1. The zero-order valence-electron chi connectivity index (χ0n) is 17.1. The minimum Gasteiger partial charge on any atom is -0.484 e. The number of hydrogen-bond donors (Lipinski definition) is 1. The number of fused-ring (bicyclic) bond motifs is 2. The highest BCUT2D eigenvalue weighted by atomic mass is 79.9. The SMILES string of the molecule is Cc1nc(Nc2cccc(Br)c2)c2cc3c(cc2n1)OCC(N1CCN(C)CC1)O3. The molecule has 2 aliphatic rings. The van der Waals surface area contributed by atoms with Crippen LogP contribution in [0.5, 0.6) is 11.5 Å².